The Kier molecular flexibility index (Phi) is 6.04. The minimum absolute atomic E-state index is 0.164. The maximum atomic E-state index is 12.0. The molecule has 126 valence electrons. The lowest BCUT2D eigenvalue weighted by Crippen LogP contribution is -2.42. The van der Waals surface area contributed by atoms with Crippen molar-refractivity contribution in [2.75, 3.05) is 26.3 Å². The van der Waals surface area contributed by atoms with Crippen LogP contribution in [-0.2, 0) is 19.1 Å². The van der Waals surface area contributed by atoms with Crippen LogP contribution in [0.3, 0.4) is 0 Å². The lowest BCUT2D eigenvalue weighted by Gasteiger charge is -2.30. The van der Waals surface area contributed by atoms with Crippen LogP contribution < -0.4 is 0 Å². The van der Waals surface area contributed by atoms with Crippen LogP contribution in [0.2, 0.25) is 5.02 Å². The Balaban J connectivity index is 1.75. The molecular weight excluding hydrogens is 324 g/mol. The number of esters is 2. The first-order valence-electron chi connectivity index (χ1n) is 7.46. The Morgan fingerprint density at radius 1 is 1.30 bits per heavy atom. The van der Waals surface area contributed by atoms with E-state index in [1.807, 2.05) is 0 Å². The molecule has 1 aliphatic rings. The highest BCUT2D eigenvalue weighted by atomic mass is 35.5. The van der Waals surface area contributed by atoms with Gasteiger partial charge in [0, 0.05) is 19.3 Å². The summed E-state index contributed by atoms with van der Waals surface area (Å²) in [4.78, 5) is 39.6. The zero-order valence-corrected chi connectivity index (χ0v) is 13.6. The average Bonchev–Trinajstić information content (AvgIpc) is 2.99. The van der Waals surface area contributed by atoms with E-state index < -0.39 is 5.97 Å². The van der Waals surface area contributed by atoms with Crippen LogP contribution in [0.5, 0.6) is 0 Å². The molecule has 0 unspecified atom stereocenters. The number of halogens is 1. The number of likely N-dealkylation sites (tertiary alicyclic amines) is 1. The molecule has 1 aliphatic heterocycles. The number of nitrogens with zero attached hydrogens (tertiary/aromatic N) is 1. The first kappa shape index (κ1) is 17.3. The quantitative estimate of drug-likeness (QED) is 0.821. The molecule has 0 saturated carbocycles. The molecule has 1 aromatic heterocycles. The van der Waals surface area contributed by atoms with Crippen LogP contribution in [0.4, 0.5) is 0 Å². The van der Waals surface area contributed by atoms with Crippen molar-refractivity contribution in [1.29, 1.82) is 0 Å². The second kappa shape index (κ2) is 8.01. The van der Waals surface area contributed by atoms with Crippen molar-refractivity contribution in [3.8, 4) is 0 Å². The Hall–Kier alpha value is -2.02. The highest BCUT2D eigenvalue weighted by Crippen LogP contribution is 2.19. The molecule has 0 spiro atoms. The Bertz CT molecular complexity index is 578. The summed E-state index contributed by atoms with van der Waals surface area (Å²) in [5.74, 6) is -1.29. The molecule has 1 aromatic rings. The summed E-state index contributed by atoms with van der Waals surface area (Å²) in [5.41, 5.74) is 0.198. The molecule has 0 radical (unpaired) electrons. The number of amides is 1. The van der Waals surface area contributed by atoms with Gasteiger partial charge in [0.25, 0.3) is 5.91 Å². The monoisotopic (exact) mass is 342 g/mol. The minimum Gasteiger partial charge on any atom is -0.466 e. The van der Waals surface area contributed by atoms with E-state index in [4.69, 9.17) is 21.1 Å². The van der Waals surface area contributed by atoms with E-state index in [2.05, 4.69) is 4.98 Å². The van der Waals surface area contributed by atoms with Crippen molar-refractivity contribution in [2.24, 2.45) is 5.92 Å². The highest BCUT2D eigenvalue weighted by molar-refractivity contribution is 6.30. The van der Waals surface area contributed by atoms with Crippen molar-refractivity contribution in [2.45, 2.75) is 19.8 Å². The number of rotatable bonds is 5. The summed E-state index contributed by atoms with van der Waals surface area (Å²) in [6.45, 7) is 2.70. The van der Waals surface area contributed by atoms with Gasteiger partial charge in [-0.3, -0.25) is 9.59 Å². The number of nitrogens with one attached hydrogen (secondary N) is 1. The van der Waals surface area contributed by atoms with Gasteiger partial charge in [0.05, 0.1) is 17.5 Å². The van der Waals surface area contributed by atoms with Crippen molar-refractivity contribution in [1.82, 2.24) is 9.88 Å². The van der Waals surface area contributed by atoms with Crippen molar-refractivity contribution < 1.29 is 23.9 Å². The largest absolute Gasteiger partial charge is 0.466 e. The molecule has 0 bridgehead atoms. The van der Waals surface area contributed by atoms with Gasteiger partial charge in [-0.05, 0) is 25.8 Å². The second-order valence-corrected chi connectivity index (χ2v) is 5.65. The molecule has 0 aliphatic carbocycles. The predicted molar refractivity (Wildman–Crippen MR) is 82.0 cm³/mol. The highest BCUT2D eigenvalue weighted by Gasteiger charge is 2.28. The van der Waals surface area contributed by atoms with E-state index in [-0.39, 0.29) is 30.1 Å². The number of aromatic amines is 1. The summed E-state index contributed by atoms with van der Waals surface area (Å²) in [7, 11) is 0. The van der Waals surface area contributed by atoms with E-state index in [1.165, 1.54) is 12.3 Å². The van der Waals surface area contributed by atoms with Gasteiger partial charge in [0.2, 0.25) is 0 Å². The van der Waals surface area contributed by atoms with Gasteiger partial charge in [-0.2, -0.15) is 0 Å². The summed E-state index contributed by atoms with van der Waals surface area (Å²) in [5, 5.41) is 0.393. The van der Waals surface area contributed by atoms with Crippen LogP contribution in [-0.4, -0.2) is 54.0 Å². The van der Waals surface area contributed by atoms with Crippen LogP contribution in [0.15, 0.2) is 12.3 Å². The first-order chi connectivity index (χ1) is 11.0. The molecule has 2 rings (SSSR count). The van der Waals surface area contributed by atoms with Crippen molar-refractivity contribution in [3.63, 3.8) is 0 Å². The number of hydrogen-bond donors (Lipinski definition) is 1. The standard InChI is InChI=1S/C15H19ClN2O5/c1-2-22-14(20)10-3-5-18(6-4-10)13(19)9-23-15(21)12-7-11(16)8-17-12/h7-8,10,17H,2-6,9H2,1H3. The number of ether oxygens (including phenoxy) is 2. The third-order valence-electron chi connectivity index (χ3n) is 3.66. The number of hydrogen-bond acceptors (Lipinski definition) is 5. The molecule has 1 N–H and O–H groups in total. The predicted octanol–water partition coefficient (Wildman–Crippen LogP) is 1.63. The molecular formula is C15H19ClN2O5. The molecule has 1 saturated heterocycles. The maximum Gasteiger partial charge on any atom is 0.355 e. The minimum atomic E-state index is -0.633. The molecule has 8 heteroatoms. The van der Waals surface area contributed by atoms with Gasteiger partial charge >= 0.3 is 11.9 Å². The Labute approximate surface area is 138 Å². The van der Waals surface area contributed by atoms with Crippen LogP contribution >= 0.6 is 11.6 Å². The van der Waals surface area contributed by atoms with Crippen LogP contribution in [0, 0.1) is 5.92 Å². The lowest BCUT2D eigenvalue weighted by molar-refractivity contribution is -0.151. The fourth-order valence-electron chi connectivity index (χ4n) is 2.41. The molecule has 23 heavy (non-hydrogen) atoms. The molecule has 7 nitrogen and oxygen atoms in total. The smallest absolute Gasteiger partial charge is 0.355 e. The lowest BCUT2D eigenvalue weighted by atomic mass is 9.97. The number of carbonyl (C=O) groups excluding carboxylic acids is 3. The Morgan fingerprint density at radius 3 is 2.57 bits per heavy atom. The molecule has 1 amide bonds. The molecule has 2 heterocycles. The SMILES string of the molecule is CCOC(=O)C1CCN(C(=O)COC(=O)c2cc(Cl)c[nH]2)CC1. The average molecular weight is 343 g/mol. The fourth-order valence-corrected chi connectivity index (χ4v) is 2.57. The van der Waals surface area contributed by atoms with Crippen molar-refractivity contribution in [3.05, 3.63) is 23.0 Å². The molecule has 0 atom stereocenters. The number of piperidine rings is 1. The zero-order chi connectivity index (χ0) is 16.8. The van der Waals surface area contributed by atoms with E-state index in [9.17, 15) is 14.4 Å². The fraction of sp³-hybridized carbons (Fsp3) is 0.533. The van der Waals surface area contributed by atoms with Gasteiger partial charge in [-0.15, -0.1) is 0 Å². The third kappa shape index (κ3) is 4.72. The number of carbonyl (C=O) groups is 3. The van der Waals surface area contributed by atoms with Gasteiger partial charge in [-0.1, -0.05) is 11.6 Å². The number of aromatic nitrogens is 1. The van der Waals surface area contributed by atoms with Gasteiger partial charge < -0.3 is 19.4 Å². The van der Waals surface area contributed by atoms with E-state index >= 15 is 0 Å². The maximum absolute atomic E-state index is 12.0. The number of H-pyrrole nitrogens is 1. The molecule has 0 aromatic carbocycles. The Morgan fingerprint density at radius 2 is 2.00 bits per heavy atom. The van der Waals surface area contributed by atoms with Crippen LogP contribution in [0.25, 0.3) is 0 Å². The molecule has 1 fully saturated rings. The normalized spacial score (nSPS) is 15.3. The summed E-state index contributed by atoms with van der Waals surface area (Å²) >= 11 is 5.70. The third-order valence-corrected chi connectivity index (χ3v) is 3.88. The van der Waals surface area contributed by atoms with E-state index in [0.717, 1.165) is 0 Å². The second-order valence-electron chi connectivity index (χ2n) is 5.21. The topological polar surface area (TPSA) is 88.7 Å². The van der Waals surface area contributed by atoms with Gasteiger partial charge in [0.15, 0.2) is 6.61 Å². The van der Waals surface area contributed by atoms with Crippen LogP contribution in [0.1, 0.15) is 30.3 Å². The van der Waals surface area contributed by atoms with Gasteiger partial charge in [-0.25, -0.2) is 4.79 Å². The van der Waals surface area contributed by atoms with Gasteiger partial charge in [0.1, 0.15) is 5.69 Å². The van der Waals surface area contributed by atoms with E-state index in [1.54, 1.807) is 11.8 Å². The first-order valence-corrected chi connectivity index (χ1v) is 7.84. The summed E-state index contributed by atoms with van der Waals surface area (Å²) in [6.07, 6.45) is 2.58. The van der Waals surface area contributed by atoms with Crippen molar-refractivity contribution >= 4 is 29.4 Å². The summed E-state index contributed by atoms with van der Waals surface area (Å²) in [6, 6.07) is 1.43. The zero-order valence-electron chi connectivity index (χ0n) is 12.8. The van der Waals surface area contributed by atoms with E-state index in [0.29, 0.717) is 37.6 Å². The summed E-state index contributed by atoms with van der Waals surface area (Å²) < 4.78 is 9.94.